The standard InChI is InChI=1S/C21H26N2O2/c1-2-25-21(24)18-11-13-23(14-12-18)16-17-7-6-10-20(15-17)22-19-8-4-3-5-9-19/h3-10,15,18,22H,2,11-14,16H2,1H3. The Labute approximate surface area is 149 Å². The summed E-state index contributed by atoms with van der Waals surface area (Å²) in [5.74, 6) is 0.0403. The first-order chi connectivity index (χ1) is 12.2. The average Bonchev–Trinajstić information content (AvgIpc) is 2.64. The number of carbonyl (C=O) groups excluding carboxylic acids is 1. The largest absolute Gasteiger partial charge is 0.466 e. The molecule has 1 aliphatic heterocycles. The molecule has 4 nitrogen and oxygen atoms in total. The van der Waals surface area contributed by atoms with Crippen molar-refractivity contribution in [2.75, 3.05) is 25.0 Å². The fourth-order valence-electron chi connectivity index (χ4n) is 3.28. The SMILES string of the molecule is CCOC(=O)C1CCN(Cc2cccc(Nc3ccccc3)c2)CC1. The summed E-state index contributed by atoms with van der Waals surface area (Å²) in [7, 11) is 0. The van der Waals surface area contributed by atoms with Gasteiger partial charge in [0.05, 0.1) is 12.5 Å². The molecule has 3 rings (SSSR count). The molecule has 132 valence electrons. The van der Waals surface area contributed by atoms with Gasteiger partial charge < -0.3 is 10.1 Å². The maximum absolute atomic E-state index is 11.8. The van der Waals surface area contributed by atoms with Gasteiger partial charge in [0, 0.05) is 17.9 Å². The lowest BCUT2D eigenvalue weighted by molar-refractivity contribution is -0.149. The van der Waals surface area contributed by atoms with Gasteiger partial charge in [-0.3, -0.25) is 9.69 Å². The van der Waals surface area contributed by atoms with Gasteiger partial charge >= 0.3 is 5.97 Å². The van der Waals surface area contributed by atoms with Crippen LogP contribution >= 0.6 is 0 Å². The van der Waals surface area contributed by atoms with Crippen molar-refractivity contribution in [3.63, 3.8) is 0 Å². The Morgan fingerprint density at radius 3 is 2.52 bits per heavy atom. The Balaban J connectivity index is 1.54. The number of nitrogens with one attached hydrogen (secondary N) is 1. The highest BCUT2D eigenvalue weighted by molar-refractivity contribution is 5.72. The van der Waals surface area contributed by atoms with Crippen molar-refractivity contribution < 1.29 is 9.53 Å². The smallest absolute Gasteiger partial charge is 0.309 e. The second kappa shape index (κ2) is 8.67. The summed E-state index contributed by atoms with van der Waals surface area (Å²) in [6.45, 7) is 5.14. The third kappa shape index (κ3) is 5.07. The molecule has 4 heteroatoms. The minimum atomic E-state index is -0.0313. The van der Waals surface area contributed by atoms with Crippen molar-refractivity contribution in [3.8, 4) is 0 Å². The summed E-state index contributed by atoms with van der Waals surface area (Å²) < 4.78 is 5.14. The van der Waals surface area contributed by atoms with E-state index in [2.05, 4.69) is 46.6 Å². The number of benzene rings is 2. The van der Waals surface area contributed by atoms with Crippen molar-refractivity contribution in [2.45, 2.75) is 26.3 Å². The number of rotatable bonds is 6. The van der Waals surface area contributed by atoms with Crippen molar-refractivity contribution in [1.82, 2.24) is 4.90 Å². The molecule has 0 radical (unpaired) electrons. The van der Waals surface area contributed by atoms with Crippen LogP contribution in [0.4, 0.5) is 11.4 Å². The van der Waals surface area contributed by atoms with E-state index < -0.39 is 0 Å². The lowest BCUT2D eigenvalue weighted by Crippen LogP contribution is -2.36. The highest BCUT2D eigenvalue weighted by Crippen LogP contribution is 2.22. The molecule has 1 saturated heterocycles. The van der Waals surface area contributed by atoms with Gasteiger partial charge in [0.2, 0.25) is 0 Å². The molecule has 2 aromatic rings. The molecule has 0 spiro atoms. The third-order valence-corrected chi connectivity index (χ3v) is 4.60. The Morgan fingerprint density at radius 2 is 1.80 bits per heavy atom. The topological polar surface area (TPSA) is 41.6 Å². The maximum Gasteiger partial charge on any atom is 0.309 e. The number of ether oxygens (including phenoxy) is 1. The zero-order valence-electron chi connectivity index (χ0n) is 14.8. The molecule has 2 aromatic carbocycles. The van der Waals surface area contributed by atoms with Crippen LogP contribution in [0.25, 0.3) is 0 Å². The van der Waals surface area contributed by atoms with Gasteiger partial charge in [0.25, 0.3) is 0 Å². The predicted octanol–water partition coefficient (Wildman–Crippen LogP) is 4.21. The first-order valence-electron chi connectivity index (χ1n) is 9.04. The van der Waals surface area contributed by atoms with Crippen molar-refractivity contribution in [1.29, 1.82) is 0 Å². The number of carbonyl (C=O) groups is 1. The van der Waals surface area contributed by atoms with Crippen molar-refractivity contribution in [3.05, 3.63) is 60.2 Å². The van der Waals surface area contributed by atoms with Gasteiger partial charge in [-0.25, -0.2) is 0 Å². The molecule has 1 N–H and O–H groups in total. The Bertz CT molecular complexity index is 679. The van der Waals surface area contributed by atoms with E-state index in [-0.39, 0.29) is 11.9 Å². The molecule has 0 saturated carbocycles. The van der Waals surface area contributed by atoms with Crippen LogP contribution in [-0.2, 0) is 16.1 Å². The number of hydrogen-bond donors (Lipinski definition) is 1. The number of nitrogens with zero attached hydrogens (tertiary/aromatic N) is 1. The first-order valence-corrected chi connectivity index (χ1v) is 9.04. The predicted molar refractivity (Wildman–Crippen MR) is 101 cm³/mol. The molecule has 0 aromatic heterocycles. The van der Waals surface area contributed by atoms with Gasteiger partial charge in [-0.05, 0) is 62.7 Å². The third-order valence-electron chi connectivity index (χ3n) is 4.60. The second-order valence-electron chi connectivity index (χ2n) is 6.49. The number of hydrogen-bond acceptors (Lipinski definition) is 4. The molecule has 1 heterocycles. The van der Waals surface area contributed by atoms with E-state index in [4.69, 9.17) is 4.74 Å². The summed E-state index contributed by atoms with van der Waals surface area (Å²) in [5, 5.41) is 3.44. The monoisotopic (exact) mass is 338 g/mol. The fourth-order valence-corrected chi connectivity index (χ4v) is 3.28. The molecular formula is C21H26N2O2. The summed E-state index contributed by atoms with van der Waals surface area (Å²) in [5.41, 5.74) is 3.48. The normalized spacial score (nSPS) is 15.7. The molecule has 0 unspecified atom stereocenters. The Hall–Kier alpha value is -2.33. The zero-order valence-corrected chi connectivity index (χ0v) is 14.8. The van der Waals surface area contributed by atoms with E-state index in [0.717, 1.165) is 43.9 Å². The van der Waals surface area contributed by atoms with Crippen LogP contribution in [-0.4, -0.2) is 30.6 Å². The minimum Gasteiger partial charge on any atom is -0.466 e. The number of anilines is 2. The summed E-state index contributed by atoms with van der Waals surface area (Å²) in [6.07, 6.45) is 1.78. The molecular weight excluding hydrogens is 312 g/mol. The summed E-state index contributed by atoms with van der Waals surface area (Å²) in [4.78, 5) is 14.2. The minimum absolute atomic E-state index is 0.0313. The highest BCUT2D eigenvalue weighted by atomic mass is 16.5. The van der Waals surface area contributed by atoms with Gasteiger partial charge in [-0.2, -0.15) is 0 Å². The number of piperidine rings is 1. The van der Waals surface area contributed by atoms with Gasteiger partial charge in [0.15, 0.2) is 0 Å². The number of para-hydroxylation sites is 1. The van der Waals surface area contributed by atoms with Gasteiger partial charge in [-0.15, -0.1) is 0 Å². The van der Waals surface area contributed by atoms with Gasteiger partial charge in [0.1, 0.15) is 0 Å². The van der Waals surface area contributed by atoms with E-state index in [1.54, 1.807) is 0 Å². The lowest BCUT2D eigenvalue weighted by atomic mass is 9.96. The quantitative estimate of drug-likeness (QED) is 0.801. The Kier molecular flexibility index (Phi) is 6.07. The summed E-state index contributed by atoms with van der Waals surface area (Å²) in [6, 6.07) is 18.7. The highest BCUT2D eigenvalue weighted by Gasteiger charge is 2.25. The van der Waals surface area contributed by atoms with Crippen molar-refractivity contribution >= 4 is 17.3 Å². The lowest BCUT2D eigenvalue weighted by Gasteiger charge is -2.30. The number of likely N-dealkylation sites (tertiary alicyclic amines) is 1. The molecule has 0 bridgehead atoms. The van der Waals surface area contributed by atoms with Crippen LogP contribution in [0.1, 0.15) is 25.3 Å². The van der Waals surface area contributed by atoms with E-state index in [0.29, 0.717) is 6.61 Å². The second-order valence-corrected chi connectivity index (χ2v) is 6.49. The first kappa shape index (κ1) is 17.5. The zero-order chi connectivity index (χ0) is 17.5. The molecule has 0 atom stereocenters. The fraction of sp³-hybridized carbons (Fsp3) is 0.381. The van der Waals surface area contributed by atoms with Crippen LogP contribution in [0.2, 0.25) is 0 Å². The molecule has 25 heavy (non-hydrogen) atoms. The molecule has 0 aliphatic carbocycles. The molecule has 1 fully saturated rings. The van der Waals surface area contributed by atoms with E-state index in [1.807, 2.05) is 25.1 Å². The average molecular weight is 338 g/mol. The Morgan fingerprint density at radius 1 is 1.08 bits per heavy atom. The van der Waals surface area contributed by atoms with E-state index in [1.165, 1.54) is 5.56 Å². The van der Waals surface area contributed by atoms with Crippen molar-refractivity contribution in [2.24, 2.45) is 5.92 Å². The molecule has 0 amide bonds. The van der Waals surface area contributed by atoms with Gasteiger partial charge in [-0.1, -0.05) is 30.3 Å². The summed E-state index contributed by atoms with van der Waals surface area (Å²) >= 11 is 0. The van der Waals surface area contributed by atoms with Crippen LogP contribution in [0, 0.1) is 5.92 Å². The van der Waals surface area contributed by atoms with Crippen LogP contribution in [0.3, 0.4) is 0 Å². The van der Waals surface area contributed by atoms with Crippen LogP contribution in [0.15, 0.2) is 54.6 Å². The molecule has 1 aliphatic rings. The van der Waals surface area contributed by atoms with Crippen LogP contribution < -0.4 is 5.32 Å². The van der Waals surface area contributed by atoms with Crippen LogP contribution in [0.5, 0.6) is 0 Å². The van der Waals surface area contributed by atoms with E-state index in [9.17, 15) is 4.79 Å². The van der Waals surface area contributed by atoms with E-state index >= 15 is 0 Å². The maximum atomic E-state index is 11.8. The number of esters is 1.